The van der Waals surface area contributed by atoms with E-state index < -0.39 is 0 Å². The van der Waals surface area contributed by atoms with Gasteiger partial charge in [-0.1, -0.05) is 29.8 Å². The molecule has 0 atom stereocenters. The molecule has 0 saturated heterocycles. The van der Waals surface area contributed by atoms with E-state index in [0.717, 1.165) is 46.9 Å². The zero-order valence-electron chi connectivity index (χ0n) is 18.6. The van der Waals surface area contributed by atoms with Crippen LogP contribution in [0.4, 0.5) is 0 Å². The zero-order chi connectivity index (χ0) is 22.2. The highest BCUT2D eigenvalue weighted by molar-refractivity contribution is 6.30. The maximum Gasteiger partial charge on any atom is 0.306 e. The number of ether oxygens (including phenoxy) is 3. The zero-order valence-corrected chi connectivity index (χ0v) is 19.4. The van der Waals surface area contributed by atoms with Gasteiger partial charge in [0, 0.05) is 11.4 Å². The van der Waals surface area contributed by atoms with Crippen molar-refractivity contribution in [1.29, 1.82) is 0 Å². The Kier molecular flexibility index (Phi) is 8.56. The summed E-state index contributed by atoms with van der Waals surface area (Å²) in [4.78, 5) is 11.7. The number of esters is 1. The second kappa shape index (κ2) is 11.4. The summed E-state index contributed by atoms with van der Waals surface area (Å²) in [6, 6.07) is 12.1. The standard InChI is InChI=1S/C26H31ClO4/c1-4-30-26(28)12-8-20-7-11-25(19(3)18(20)2)31-17-22-13-15-29-16-14-24(22)21-5-9-23(27)10-6-21/h5-7,9-11H,4,8,12-17H2,1-3H3. The van der Waals surface area contributed by atoms with E-state index in [0.29, 0.717) is 32.7 Å². The van der Waals surface area contributed by atoms with Crippen LogP contribution in [-0.4, -0.2) is 32.4 Å². The van der Waals surface area contributed by atoms with Crippen molar-refractivity contribution in [2.24, 2.45) is 0 Å². The smallest absolute Gasteiger partial charge is 0.306 e. The van der Waals surface area contributed by atoms with E-state index in [4.69, 9.17) is 25.8 Å². The largest absolute Gasteiger partial charge is 0.489 e. The molecule has 5 heteroatoms. The Morgan fingerprint density at radius 2 is 1.77 bits per heavy atom. The quantitative estimate of drug-likeness (QED) is 0.463. The molecule has 0 bridgehead atoms. The lowest BCUT2D eigenvalue weighted by Gasteiger charge is -2.17. The lowest BCUT2D eigenvalue weighted by atomic mass is 9.96. The van der Waals surface area contributed by atoms with Gasteiger partial charge in [0.2, 0.25) is 0 Å². The molecule has 0 aliphatic carbocycles. The predicted molar refractivity (Wildman–Crippen MR) is 125 cm³/mol. The van der Waals surface area contributed by atoms with Gasteiger partial charge in [-0.3, -0.25) is 4.79 Å². The second-order valence-corrected chi connectivity index (χ2v) is 8.20. The normalized spacial score (nSPS) is 14.3. The van der Waals surface area contributed by atoms with Crippen LogP contribution >= 0.6 is 11.6 Å². The maximum atomic E-state index is 11.7. The van der Waals surface area contributed by atoms with Crippen LogP contribution in [0, 0.1) is 13.8 Å². The van der Waals surface area contributed by atoms with Gasteiger partial charge in [0.05, 0.1) is 19.8 Å². The third-order valence-electron chi connectivity index (χ3n) is 5.82. The number of hydrogen-bond acceptors (Lipinski definition) is 4. The van der Waals surface area contributed by atoms with Crippen LogP contribution in [0.3, 0.4) is 0 Å². The number of carbonyl (C=O) groups is 1. The van der Waals surface area contributed by atoms with Crippen molar-refractivity contribution in [3.63, 3.8) is 0 Å². The van der Waals surface area contributed by atoms with E-state index >= 15 is 0 Å². The minimum absolute atomic E-state index is 0.155. The molecule has 0 radical (unpaired) electrons. The van der Waals surface area contributed by atoms with Crippen LogP contribution in [0.2, 0.25) is 5.02 Å². The molecular weight excluding hydrogens is 412 g/mol. The molecule has 0 spiro atoms. The third-order valence-corrected chi connectivity index (χ3v) is 6.07. The molecule has 31 heavy (non-hydrogen) atoms. The summed E-state index contributed by atoms with van der Waals surface area (Å²) in [5, 5.41) is 0.737. The van der Waals surface area contributed by atoms with Crippen molar-refractivity contribution in [2.75, 3.05) is 26.4 Å². The fraction of sp³-hybridized carbons (Fsp3) is 0.423. The molecule has 0 N–H and O–H groups in total. The van der Waals surface area contributed by atoms with Gasteiger partial charge < -0.3 is 14.2 Å². The van der Waals surface area contributed by atoms with Crippen LogP contribution in [0.25, 0.3) is 5.57 Å². The monoisotopic (exact) mass is 442 g/mol. The van der Waals surface area contributed by atoms with E-state index in [9.17, 15) is 4.79 Å². The first-order chi connectivity index (χ1) is 15.0. The molecule has 166 valence electrons. The number of hydrogen-bond donors (Lipinski definition) is 0. The molecule has 1 aliphatic rings. The van der Waals surface area contributed by atoms with Crippen molar-refractivity contribution in [2.45, 2.75) is 46.5 Å². The van der Waals surface area contributed by atoms with E-state index in [1.165, 1.54) is 16.7 Å². The minimum Gasteiger partial charge on any atom is -0.489 e. The number of benzene rings is 2. The summed E-state index contributed by atoms with van der Waals surface area (Å²) < 4.78 is 17.0. The first-order valence-electron chi connectivity index (χ1n) is 10.9. The average molecular weight is 443 g/mol. The van der Waals surface area contributed by atoms with Gasteiger partial charge in [0.1, 0.15) is 12.4 Å². The van der Waals surface area contributed by atoms with Gasteiger partial charge in [-0.05, 0) is 91.6 Å². The van der Waals surface area contributed by atoms with E-state index in [1.54, 1.807) is 0 Å². The summed E-state index contributed by atoms with van der Waals surface area (Å²) in [5.74, 6) is 0.725. The van der Waals surface area contributed by atoms with Crippen molar-refractivity contribution < 1.29 is 19.0 Å². The molecule has 3 rings (SSSR count). The first kappa shape index (κ1) is 23.4. The Labute approximate surface area is 190 Å². The predicted octanol–water partition coefficient (Wildman–Crippen LogP) is 6.10. The molecule has 0 aromatic heterocycles. The molecule has 0 unspecified atom stereocenters. The topological polar surface area (TPSA) is 44.8 Å². The number of halogens is 1. The van der Waals surface area contributed by atoms with Crippen molar-refractivity contribution in [1.82, 2.24) is 0 Å². The highest BCUT2D eigenvalue weighted by Crippen LogP contribution is 2.30. The fourth-order valence-electron chi connectivity index (χ4n) is 3.87. The van der Waals surface area contributed by atoms with E-state index in [-0.39, 0.29) is 5.97 Å². The second-order valence-electron chi connectivity index (χ2n) is 7.77. The molecule has 0 fully saturated rings. The van der Waals surface area contributed by atoms with E-state index in [1.807, 2.05) is 25.1 Å². The van der Waals surface area contributed by atoms with Gasteiger partial charge in [0.15, 0.2) is 0 Å². The fourth-order valence-corrected chi connectivity index (χ4v) is 4.00. The molecule has 2 aromatic rings. The Morgan fingerprint density at radius 1 is 1.03 bits per heavy atom. The molecule has 1 aliphatic heterocycles. The average Bonchev–Trinajstić information content (AvgIpc) is 3.00. The van der Waals surface area contributed by atoms with E-state index in [2.05, 4.69) is 32.0 Å². The highest BCUT2D eigenvalue weighted by Gasteiger charge is 2.16. The minimum atomic E-state index is -0.155. The van der Waals surface area contributed by atoms with Gasteiger partial charge in [-0.15, -0.1) is 0 Å². The molecular formula is C26H31ClO4. The molecule has 1 heterocycles. The van der Waals surface area contributed by atoms with Crippen LogP contribution in [-0.2, 0) is 20.7 Å². The number of carbonyl (C=O) groups excluding carboxylic acids is 1. The van der Waals surface area contributed by atoms with Crippen molar-refractivity contribution >= 4 is 23.1 Å². The Bertz CT molecular complexity index is 931. The van der Waals surface area contributed by atoms with Gasteiger partial charge in [-0.25, -0.2) is 0 Å². The summed E-state index contributed by atoms with van der Waals surface area (Å²) in [6.45, 7) is 8.36. The highest BCUT2D eigenvalue weighted by atomic mass is 35.5. The molecule has 2 aromatic carbocycles. The number of rotatable bonds is 8. The van der Waals surface area contributed by atoms with Crippen molar-refractivity contribution in [3.05, 3.63) is 69.2 Å². The third kappa shape index (κ3) is 6.34. The lowest BCUT2D eigenvalue weighted by molar-refractivity contribution is -0.143. The number of aryl methyl sites for hydroxylation is 1. The Hall–Kier alpha value is -2.30. The molecule has 4 nitrogen and oxygen atoms in total. The summed E-state index contributed by atoms with van der Waals surface area (Å²) in [6.07, 6.45) is 2.79. The maximum absolute atomic E-state index is 11.7. The first-order valence-corrected chi connectivity index (χ1v) is 11.3. The van der Waals surface area contributed by atoms with Crippen molar-refractivity contribution in [3.8, 4) is 5.75 Å². The van der Waals surface area contributed by atoms with Gasteiger partial charge in [-0.2, -0.15) is 0 Å². The van der Waals surface area contributed by atoms with Crippen LogP contribution in [0.5, 0.6) is 5.75 Å². The SMILES string of the molecule is CCOC(=O)CCc1ccc(OCC2=C(c3ccc(Cl)cc3)CCOCC2)c(C)c1C. The van der Waals surface area contributed by atoms with Crippen LogP contribution in [0.15, 0.2) is 42.0 Å². The molecule has 0 saturated carbocycles. The van der Waals surface area contributed by atoms with Gasteiger partial charge in [0.25, 0.3) is 0 Å². The Morgan fingerprint density at radius 3 is 2.52 bits per heavy atom. The summed E-state index contributed by atoms with van der Waals surface area (Å²) in [7, 11) is 0. The lowest BCUT2D eigenvalue weighted by Crippen LogP contribution is -2.08. The van der Waals surface area contributed by atoms with Crippen LogP contribution in [0.1, 0.15) is 48.4 Å². The Balaban J connectivity index is 1.74. The van der Waals surface area contributed by atoms with Gasteiger partial charge >= 0.3 is 5.97 Å². The summed E-state index contributed by atoms with van der Waals surface area (Å²) in [5.41, 5.74) is 7.16. The molecule has 0 amide bonds. The summed E-state index contributed by atoms with van der Waals surface area (Å²) >= 11 is 6.07. The van der Waals surface area contributed by atoms with Crippen LogP contribution < -0.4 is 4.74 Å².